The molecule has 0 unspecified atom stereocenters. The summed E-state index contributed by atoms with van der Waals surface area (Å²) in [6, 6.07) is 7.93. The van der Waals surface area contributed by atoms with Crippen LogP contribution >= 0.6 is 11.8 Å². The molecule has 6 nitrogen and oxygen atoms in total. The molecule has 1 amide bonds. The van der Waals surface area contributed by atoms with Crippen molar-refractivity contribution in [1.82, 2.24) is 14.8 Å². The predicted molar refractivity (Wildman–Crippen MR) is 113 cm³/mol. The molecule has 0 spiro atoms. The summed E-state index contributed by atoms with van der Waals surface area (Å²) in [5.74, 6) is 2.22. The maximum atomic E-state index is 12.5. The molecule has 148 valence electrons. The van der Waals surface area contributed by atoms with E-state index in [1.54, 1.807) is 6.26 Å². The van der Waals surface area contributed by atoms with Crippen LogP contribution in [0.3, 0.4) is 0 Å². The van der Waals surface area contributed by atoms with E-state index >= 15 is 0 Å². The summed E-state index contributed by atoms with van der Waals surface area (Å²) >= 11 is 1.40. The number of nitrogens with one attached hydrogen (secondary N) is 1. The quantitative estimate of drug-likeness (QED) is 0.576. The molecule has 0 radical (unpaired) electrons. The van der Waals surface area contributed by atoms with Crippen LogP contribution in [-0.4, -0.2) is 26.4 Å². The van der Waals surface area contributed by atoms with Crippen LogP contribution in [0.2, 0.25) is 0 Å². The fraction of sp³-hybridized carbons (Fsp3) is 0.381. The third kappa shape index (κ3) is 4.65. The van der Waals surface area contributed by atoms with Crippen LogP contribution in [0.15, 0.2) is 40.1 Å². The number of amides is 1. The predicted octanol–water partition coefficient (Wildman–Crippen LogP) is 4.85. The Labute approximate surface area is 169 Å². The number of hydrogen-bond donors (Lipinski definition) is 1. The van der Waals surface area contributed by atoms with Crippen LogP contribution in [0, 0.1) is 26.7 Å². The van der Waals surface area contributed by atoms with E-state index in [-0.39, 0.29) is 11.7 Å². The monoisotopic (exact) mass is 398 g/mol. The van der Waals surface area contributed by atoms with Gasteiger partial charge in [-0.25, -0.2) is 0 Å². The summed E-state index contributed by atoms with van der Waals surface area (Å²) in [4.78, 5) is 12.5. The Morgan fingerprint density at radius 3 is 2.68 bits per heavy atom. The van der Waals surface area contributed by atoms with E-state index in [0.717, 1.165) is 45.7 Å². The first kappa shape index (κ1) is 20.2. The molecular formula is C21H26N4O2S. The molecule has 28 heavy (non-hydrogen) atoms. The maximum Gasteiger partial charge on any atom is 0.234 e. The first-order valence-electron chi connectivity index (χ1n) is 9.32. The van der Waals surface area contributed by atoms with Crippen LogP contribution in [0.1, 0.15) is 30.7 Å². The van der Waals surface area contributed by atoms with Gasteiger partial charge in [0.15, 0.2) is 11.0 Å². The summed E-state index contributed by atoms with van der Waals surface area (Å²) in [7, 11) is 0. The van der Waals surface area contributed by atoms with Gasteiger partial charge in [0.25, 0.3) is 0 Å². The van der Waals surface area contributed by atoms with Crippen molar-refractivity contribution in [3.8, 4) is 11.4 Å². The fourth-order valence-corrected chi connectivity index (χ4v) is 3.68. The van der Waals surface area contributed by atoms with Crippen molar-refractivity contribution in [3.63, 3.8) is 0 Å². The second-order valence-electron chi connectivity index (χ2n) is 7.36. The molecule has 0 saturated carbocycles. The smallest absolute Gasteiger partial charge is 0.234 e. The van der Waals surface area contributed by atoms with Crippen molar-refractivity contribution >= 4 is 23.4 Å². The van der Waals surface area contributed by atoms with Gasteiger partial charge in [0.1, 0.15) is 5.76 Å². The summed E-state index contributed by atoms with van der Waals surface area (Å²) in [6.07, 6.45) is 1.66. The molecule has 2 aromatic heterocycles. The second kappa shape index (κ2) is 8.65. The number of aromatic nitrogens is 3. The molecule has 7 heteroatoms. The van der Waals surface area contributed by atoms with Gasteiger partial charge in [0.2, 0.25) is 5.91 Å². The maximum absolute atomic E-state index is 12.5. The Balaban J connectivity index is 1.75. The van der Waals surface area contributed by atoms with E-state index in [4.69, 9.17) is 4.42 Å². The number of rotatable bonds is 7. The lowest BCUT2D eigenvalue weighted by molar-refractivity contribution is -0.113. The molecule has 3 aromatic rings. The van der Waals surface area contributed by atoms with Gasteiger partial charge in [-0.2, -0.15) is 0 Å². The zero-order valence-electron chi connectivity index (χ0n) is 16.9. The number of anilines is 1. The van der Waals surface area contributed by atoms with E-state index in [1.165, 1.54) is 11.8 Å². The Kier molecular flexibility index (Phi) is 6.24. The van der Waals surface area contributed by atoms with E-state index in [1.807, 2.05) is 45.0 Å². The van der Waals surface area contributed by atoms with Crippen molar-refractivity contribution in [2.24, 2.45) is 5.92 Å². The van der Waals surface area contributed by atoms with Gasteiger partial charge < -0.3 is 14.3 Å². The van der Waals surface area contributed by atoms with Crippen molar-refractivity contribution in [2.75, 3.05) is 11.1 Å². The van der Waals surface area contributed by atoms with Gasteiger partial charge >= 0.3 is 0 Å². The van der Waals surface area contributed by atoms with Crippen molar-refractivity contribution in [3.05, 3.63) is 47.4 Å². The van der Waals surface area contributed by atoms with Crippen molar-refractivity contribution in [2.45, 2.75) is 46.3 Å². The Morgan fingerprint density at radius 2 is 2.00 bits per heavy atom. The third-order valence-electron chi connectivity index (χ3n) is 4.36. The standard InChI is InChI=1S/C21H26N4O2S/c1-13(2)11-25-20(17-8-9-27-16(17)5)23-24-21(25)28-12-19(26)22-18-10-14(3)6-7-15(18)4/h6-10,13H,11-12H2,1-5H3,(H,22,26). The topological polar surface area (TPSA) is 73.0 Å². The summed E-state index contributed by atoms with van der Waals surface area (Å²) in [5.41, 5.74) is 3.94. The lowest BCUT2D eigenvalue weighted by Crippen LogP contribution is -2.16. The highest BCUT2D eigenvalue weighted by atomic mass is 32.2. The number of furan rings is 1. The molecule has 0 fully saturated rings. The Morgan fingerprint density at radius 1 is 1.21 bits per heavy atom. The van der Waals surface area contributed by atoms with Gasteiger partial charge in [-0.1, -0.05) is 37.7 Å². The van der Waals surface area contributed by atoms with Gasteiger partial charge in [-0.15, -0.1) is 10.2 Å². The van der Waals surface area contributed by atoms with E-state index in [2.05, 4.69) is 33.9 Å². The van der Waals surface area contributed by atoms with Gasteiger partial charge in [-0.3, -0.25) is 4.79 Å². The normalized spacial score (nSPS) is 11.2. The number of carbonyl (C=O) groups excluding carboxylic acids is 1. The molecule has 1 aromatic carbocycles. The number of thioether (sulfide) groups is 1. The summed E-state index contributed by atoms with van der Waals surface area (Å²) in [5, 5.41) is 12.4. The molecule has 0 atom stereocenters. The minimum atomic E-state index is -0.0566. The second-order valence-corrected chi connectivity index (χ2v) is 8.30. The van der Waals surface area contributed by atoms with Gasteiger partial charge in [-0.05, 0) is 49.9 Å². The van der Waals surface area contributed by atoms with E-state index < -0.39 is 0 Å². The zero-order valence-corrected chi connectivity index (χ0v) is 17.8. The third-order valence-corrected chi connectivity index (χ3v) is 5.33. The van der Waals surface area contributed by atoms with Gasteiger partial charge in [0.05, 0.1) is 17.6 Å². The molecule has 0 aliphatic heterocycles. The lowest BCUT2D eigenvalue weighted by Gasteiger charge is -2.12. The molecule has 0 aliphatic rings. The highest BCUT2D eigenvalue weighted by Gasteiger charge is 2.19. The Hall–Kier alpha value is -2.54. The molecule has 0 aliphatic carbocycles. The average molecular weight is 399 g/mol. The van der Waals surface area contributed by atoms with Crippen LogP contribution in [0.5, 0.6) is 0 Å². The largest absolute Gasteiger partial charge is 0.469 e. The van der Waals surface area contributed by atoms with E-state index in [0.29, 0.717) is 5.92 Å². The van der Waals surface area contributed by atoms with Crippen LogP contribution in [-0.2, 0) is 11.3 Å². The Bertz CT molecular complexity index is 975. The SMILES string of the molecule is Cc1ccc(C)c(NC(=O)CSc2nnc(-c3ccoc3C)n2CC(C)C)c1. The molecular weight excluding hydrogens is 372 g/mol. The van der Waals surface area contributed by atoms with Crippen molar-refractivity contribution in [1.29, 1.82) is 0 Å². The summed E-state index contributed by atoms with van der Waals surface area (Å²) in [6.45, 7) is 11.0. The molecule has 0 saturated heterocycles. The summed E-state index contributed by atoms with van der Waals surface area (Å²) < 4.78 is 7.49. The highest BCUT2D eigenvalue weighted by Crippen LogP contribution is 2.28. The van der Waals surface area contributed by atoms with Crippen LogP contribution < -0.4 is 5.32 Å². The average Bonchev–Trinajstić information content (AvgIpc) is 3.22. The molecule has 0 bridgehead atoms. The van der Waals surface area contributed by atoms with Crippen LogP contribution in [0.25, 0.3) is 11.4 Å². The number of hydrogen-bond acceptors (Lipinski definition) is 5. The number of carbonyl (C=O) groups is 1. The van der Waals surface area contributed by atoms with Crippen molar-refractivity contribution < 1.29 is 9.21 Å². The minimum absolute atomic E-state index is 0.0566. The number of nitrogens with zero attached hydrogens (tertiary/aromatic N) is 3. The highest BCUT2D eigenvalue weighted by molar-refractivity contribution is 7.99. The first-order valence-corrected chi connectivity index (χ1v) is 10.3. The molecule has 3 rings (SSSR count). The van der Waals surface area contributed by atoms with E-state index in [9.17, 15) is 4.79 Å². The number of benzene rings is 1. The fourth-order valence-electron chi connectivity index (χ4n) is 2.93. The van der Waals surface area contributed by atoms with Gasteiger partial charge in [0, 0.05) is 12.2 Å². The molecule has 2 heterocycles. The molecule has 1 N–H and O–H groups in total. The minimum Gasteiger partial charge on any atom is -0.469 e. The van der Waals surface area contributed by atoms with Crippen LogP contribution in [0.4, 0.5) is 5.69 Å². The lowest BCUT2D eigenvalue weighted by atomic mass is 10.1. The number of aryl methyl sites for hydroxylation is 3. The first-order chi connectivity index (χ1) is 13.3. The zero-order chi connectivity index (χ0) is 20.3.